The highest BCUT2D eigenvalue weighted by Gasteiger charge is 2.26. The van der Waals surface area contributed by atoms with E-state index in [0.717, 1.165) is 37.6 Å². The number of piperidine rings is 1. The molecule has 0 spiro atoms. The fourth-order valence-electron chi connectivity index (χ4n) is 3.05. The summed E-state index contributed by atoms with van der Waals surface area (Å²) in [6.45, 7) is 5.82. The lowest BCUT2D eigenvalue weighted by Gasteiger charge is -2.35. The lowest BCUT2D eigenvalue weighted by molar-refractivity contribution is 0.129. The SMILES string of the molecule is CN=C(NCC(C)(C)NS(C)(=O)=O)N1CCC(Oc2ccccc2)CC1. The molecule has 1 heterocycles. The molecule has 0 aromatic heterocycles. The number of ether oxygens (including phenoxy) is 1. The largest absolute Gasteiger partial charge is 0.490 e. The number of para-hydroxylation sites is 1. The molecule has 8 heteroatoms. The fourth-order valence-corrected chi connectivity index (χ4v) is 4.12. The zero-order valence-electron chi connectivity index (χ0n) is 16.0. The van der Waals surface area contributed by atoms with Gasteiger partial charge >= 0.3 is 0 Å². The van der Waals surface area contributed by atoms with Gasteiger partial charge in [0.2, 0.25) is 10.0 Å². The Hall–Kier alpha value is -1.80. The molecule has 0 saturated carbocycles. The number of guanidine groups is 1. The van der Waals surface area contributed by atoms with Gasteiger partial charge in [-0.2, -0.15) is 0 Å². The van der Waals surface area contributed by atoms with Crippen molar-refractivity contribution in [1.29, 1.82) is 0 Å². The highest BCUT2D eigenvalue weighted by molar-refractivity contribution is 7.88. The van der Waals surface area contributed by atoms with E-state index in [1.54, 1.807) is 7.05 Å². The van der Waals surface area contributed by atoms with E-state index in [-0.39, 0.29) is 6.10 Å². The molecule has 0 unspecified atom stereocenters. The minimum Gasteiger partial charge on any atom is -0.490 e. The van der Waals surface area contributed by atoms with Crippen LogP contribution in [0.5, 0.6) is 5.75 Å². The second-order valence-electron chi connectivity index (χ2n) is 7.28. The van der Waals surface area contributed by atoms with Gasteiger partial charge < -0.3 is 15.0 Å². The van der Waals surface area contributed by atoms with E-state index in [4.69, 9.17) is 4.74 Å². The van der Waals surface area contributed by atoms with E-state index < -0.39 is 15.6 Å². The molecule has 146 valence electrons. The van der Waals surface area contributed by atoms with Gasteiger partial charge in [-0.1, -0.05) is 18.2 Å². The van der Waals surface area contributed by atoms with Crippen LogP contribution in [0.1, 0.15) is 26.7 Å². The molecule has 1 aliphatic heterocycles. The normalized spacial score (nSPS) is 17.2. The Morgan fingerprint density at radius 2 is 1.88 bits per heavy atom. The molecule has 2 rings (SSSR count). The third-order valence-corrected chi connectivity index (χ3v) is 5.07. The molecule has 7 nitrogen and oxygen atoms in total. The number of nitrogens with zero attached hydrogens (tertiary/aromatic N) is 2. The van der Waals surface area contributed by atoms with Crippen molar-refractivity contribution in [2.45, 2.75) is 38.3 Å². The van der Waals surface area contributed by atoms with Crippen LogP contribution in [0.2, 0.25) is 0 Å². The van der Waals surface area contributed by atoms with Crippen molar-refractivity contribution in [2.24, 2.45) is 4.99 Å². The Bertz CT molecular complexity index is 696. The van der Waals surface area contributed by atoms with Gasteiger partial charge in [0.05, 0.1) is 6.26 Å². The number of hydrogen-bond donors (Lipinski definition) is 2. The maximum absolute atomic E-state index is 11.5. The summed E-state index contributed by atoms with van der Waals surface area (Å²) in [7, 11) is -1.52. The lowest BCUT2D eigenvalue weighted by Crippen LogP contribution is -2.55. The summed E-state index contributed by atoms with van der Waals surface area (Å²) >= 11 is 0. The van der Waals surface area contributed by atoms with Crippen molar-refractivity contribution in [3.8, 4) is 5.75 Å². The molecule has 1 aromatic rings. The molecular formula is C18H30N4O3S. The van der Waals surface area contributed by atoms with Crippen molar-refractivity contribution in [1.82, 2.24) is 14.9 Å². The van der Waals surface area contributed by atoms with Gasteiger partial charge in [-0.15, -0.1) is 0 Å². The summed E-state index contributed by atoms with van der Waals surface area (Å²) in [5.74, 6) is 1.69. The van der Waals surface area contributed by atoms with E-state index in [1.165, 1.54) is 6.26 Å². The van der Waals surface area contributed by atoms with Gasteiger partial charge in [0, 0.05) is 45.1 Å². The average molecular weight is 383 g/mol. The third-order valence-electron chi connectivity index (χ3n) is 4.15. The van der Waals surface area contributed by atoms with Crippen LogP contribution in [0.15, 0.2) is 35.3 Å². The predicted molar refractivity (Wildman–Crippen MR) is 105 cm³/mol. The van der Waals surface area contributed by atoms with Crippen LogP contribution in [0.4, 0.5) is 0 Å². The highest BCUT2D eigenvalue weighted by atomic mass is 32.2. The number of benzene rings is 1. The van der Waals surface area contributed by atoms with E-state index in [9.17, 15) is 8.42 Å². The van der Waals surface area contributed by atoms with Crippen LogP contribution in [0.25, 0.3) is 0 Å². The lowest BCUT2D eigenvalue weighted by atomic mass is 10.1. The first-order valence-corrected chi connectivity index (χ1v) is 10.7. The number of likely N-dealkylation sites (tertiary alicyclic amines) is 1. The van der Waals surface area contributed by atoms with Gasteiger partial charge in [0.25, 0.3) is 0 Å². The third kappa shape index (κ3) is 6.84. The quantitative estimate of drug-likeness (QED) is 0.575. The molecule has 0 atom stereocenters. The molecule has 26 heavy (non-hydrogen) atoms. The second-order valence-corrected chi connectivity index (χ2v) is 9.02. The zero-order chi connectivity index (χ0) is 19.2. The molecule has 0 radical (unpaired) electrons. The maximum Gasteiger partial charge on any atom is 0.209 e. The maximum atomic E-state index is 11.5. The number of aliphatic imine (C=N–C) groups is 1. The zero-order valence-corrected chi connectivity index (χ0v) is 16.8. The number of sulfonamides is 1. The number of hydrogen-bond acceptors (Lipinski definition) is 4. The minimum atomic E-state index is -3.26. The predicted octanol–water partition coefficient (Wildman–Crippen LogP) is 1.43. The second kappa shape index (κ2) is 8.73. The summed E-state index contributed by atoms with van der Waals surface area (Å²) in [6, 6.07) is 9.88. The summed E-state index contributed by atoms with van der Waals surface area (Å²) in [5.41, 5.74) is -0.599. The van der Waals surface area contributed by atoms with Crippen LogP contribution in [0, 0.1) is 0 Å². The smallest absolute Gasteiger partial charge is 0.209 e. The first kappa shape index (κ1) is 20.5. The molecular weight excluding hydrogens is 352 g/mol. The Morgan fingerprint density at radius 3 is 2.42 bits per heavy atom. The standard InChI is InChI=1S/C18H30N4O3S/c1-18(2,21-26(4,23)24)14-20-17(19-3)22-12-10-16(11-13-22)25-15-8-6-5-7-9-15/h5-9,16,21H,10-14H2,1-4H3,(H,19,20). The van der Waals surface area contributed by atoms with E-state index in [0.29, 0.717) is 6.54 Å². The van der Waals surface area contributed by atoms with Crippen molar-refractivity contribution in [3.63, 3.8) is 0 Å². The molecule has 1 aliphatic rings. The van der Waals surface area contributed by atoms with Crippen molar-refractivity contribution < 1.29 is 13.2 Å². The van der Waals surface area contributed by atoms with E-state index in [2.05, 4.69) is 19.9 Å². The Kier molecular flexibility index (Phi) is 6.88. The molecule has 0 aliphatic carbocycles. The van der Waals surface area contributed by atoms with Crippen molar-refractivity contribution in [3.05, 3.63) is 30.3 Å². The molecule has 0 bridgehead atoms. The first-order valence-electron chi connectivity index (χ1n) is 8.85. The van der Waals surface area contributed by atoms with Crippen LogP contribution >= 0.6 is 0 Å². The van der Waals surface area contributed by atoms with Crippen LogP contribution in [-0.2, 0) is 10.0 Å². The fraction of sp³-hybridized carbons (Fsp3) is 0.611. The monoisotopic (exact) mass is 382 g/mol. The van der Waals surface area contributed by atoms with Gasteiger partial charge in [-0.05, 0) is 26.0 Å². The molecule has 1 saturated heterocycles. The molecule has 2 N–H and O–H groups in total. The number of nitrogens with one attached hydrogen (secondary N) is 2. The highest BCUT2D eigenvalue weighted by Crippen LogP contribution is 2.18. The summed E-state index contributed by atoms with van der Waals surface area (Å²) in [4.78, 5) is 6.52. The van der Waals surface area contributed by atoms with E-state index >= 15 is 0 Å². The van der Waals surface area contributed by atoms with Gasteiger partial charge in [-0.25, -0.2) is 13.1 Å². The van der Waals surface area contributed by atoms with Gasteiger partial charge in [0.1, 0.15) is 11.9 Å². The molecule has 1 fully saturated rings. The Balaban J connectivity index is 1.83. The van der Waals surface area contributed by atoms with Crippen LogP contribution in [-0.4, -0.2) is 63.9 Å². The molecule has 1 aromatic carbocycles. The van der Waals surface area contributed by atoms with Crippen molar-refractivity contribution >= 4 is 16.0 Å². The van der Waals surface area contributed by atoms with Crippen LogP contribution < -0.4 is 14.8 Å². The Labute approximate surface area is 156 Å². The average Bonchev–Trinajstić information content (AvgIpc) is 2.55. The van der Waals surface area contributed by atoms with Gasteiger partial charge in [-0.3, -0.25) is 4.99 Å². The molecule has 0 amide bonds. The van der Waals surface area contributed by atoms with Gasteiger partial charge in [0.15, 0.2) is 5.96 Å². The minimum absolute atomic E-state index is 0.204. The number of rotatable bonds is 6. The van der Waals surface area contributed by atoms with Crippen LogP contribution in [0.3, 0.4) is 0 Å². The topological polar surface area (TPSA) is 83.0 Å². The first-order chi connectivity index (χ1) is 12.2. The summed E-state index contributed by atoms with van der Waals surface area (Å²) in [5, 5.41) is 3.27. The summed E-state index contributed by atoms with van der Waals surface area (Å²) < 4.78 is 31.6. The Morgan fingerprint density at radius 1 is 1.27 bits per heavy atom. The van der Waals surface area contributed by atoms with Crippen molar-refractivity contribution in [2.75, 3.05) is 32.9 Å². The summed E-state index contributed by atoms with van der Waals surface area (Å²) in [6.07, 6.45) is 3.21. The van der Waals surface area contributed by atoms with E-state index in [1.807, 2.05) is 44.2 Å².